The molecule has 0 atom stereocenters. The highest BCUT2D eigenvalue weighted by atomic mass is 32.2. The van der Waals surface area contributed by atoms with Gasteiger partial charge in [0.2, 0.25) is 0 Å². The molecule has 1 aromatic rings. The number of hydrogen-bond donors (Lipinski definition) is 1. The highest BCUT2D eigenvalue weighted by molar-refractivity contribution is 8.00. The lowest BCUT2D eigenvalue weighted by atomic mass is 10.1. The second-order valence-electron chi connectivity index (χ2n) is 4.32. The molecule has 1 saturated carbocycles. The van der Waals surface area contributed by atoms with E-state index in [0.29, 0.717) is 6.54 Å². The van der Waals surface area contributed by atoms with Gasteiger partial charge in [0.1, 0.15) is 5.82 Å². The van der Waals surface area contributed by atoms with Crippen LogP contribution in [-0.4, -0.2) is 11.8 Å². The largest absolute Gasteiger partial charge is 0.330 e. The molecule has 1 aliphatic carbocycles. The smallest absolute Gasteiger partial charge is 0.123 e. The van der Waals surface area contributed by atoms with Crippen LogP contribution >= 0.6 is 11.8 Å². The van der Waals surface area contributed by atoms with E-state index in [1.165, 1.54) is 30.6 Å². The number of nitrogens with two attached hydrogens (primary N) is 1. The summed E-state index contributed by atoms with van der Waals surface area (Å²) in [6.45, 7) is 0.585. The molecule has 0 aliphatic heterocycles. The number of rotatable bonds is 4. The third-order valence-corrected chi connectivity index (χ3v) is 4.49. The van der Waals surface area contributed by atoms with Gasteiger partial charge in [0.05, 0.1) is 0 Å². The Kier molecular flexibility index (Phi) is 4.24. The van der Waals surface area contributed by atoms with Crippen molar-refractivity contribution in [1.29, 1.82) is 0 Å². The van der Waals surface area contributed by atoms with Crippen molar-refractivity contribution in [3.8, 4) is 0 Å². The molecule has 88 valence electrons. The van der Waals surface area contributed by atoms with Crippen LogP contribution in [-0.2, 0) is 6.42 Å². The zero-order chi connectivity index (χ0) is 11.4. The van der Waals surface area contributed by atoms with E-state index >= 15 is 0 Å². The Bertz CT molecular complexity index is 348. The van der Waals surface area contributed by atoms with Crippen LogP contribution in [0.2, 0.25) is 0 Å². The molecule has 16 heavy (non-hydrogen) atoms. The van der Waals surface area contributed by atoms with E-state index in [0.717, 1.165) is 17.2 Å². The predicted molar refractivity (Wildman–Crippen MR) is 67.3 cm³/mol. The molecule has 0 amide bonds. The van der Waals surface area contributed by atoms with Gasteiger partial charge < -0.3 is 5.73 Å². The number of halogens is 1. The van der Waals surface area contributed by atoms with Gasteiger partial charge in [-0.1, -0.05) is 12.8 Å². The standard InChI is InChI=1S/C13H18FNS/c14-11-5-6-13(10(9-11)7-8-15)16-12-3-1-2-4-12/h5-6,9,12H,1-4,7-8,15H2. The summed E-state index contributed by atoms with van der Waals surface area (Å²) in [5.41, 5.74) is 6.62. The van der Waals surface area contributed by atoms with Gasteiger partial charge >= 0.3 is 0 Å². The molecule has 1 aromatic carbocycles. The van der Waals surface area contributed by atoms with E-state index in [9.17, 15) is 4.39 Å². The van der Waals surface area contributed by atoms with E-state index in [1.807, 2.05) is 17.8 Å². The molecular formula is C13H18FNS. The van der Waals surface area contributed by atoms with Gasteiger partial charge in [-0.05, 0) is 49.6 Å². The summed E-state index contributed by atoms with van der Waals surface area (Å²) < 4.78 is 13.1. The summed E-state index contributed by atoms with van der Waals surface area (Å²) in [4.78, 5) is 1.22. The second kappa shape index (κ2) is 5.69. The maximum absolute atomic E-state index is 13.1. The van der Waals surface area contributed by atoms with Crippen LogP contribution in [0.1, 0.15) is 31.2 Å². The monoisotopic (exact) mass is 239 g/mol. The highest BCUT2D eigenvalue weighted by Gasteiger charge is 2.17. The van der Waals surface area contributed by atoms with E-state index < -0.39 is 0 Å². The average Bonchev–Trinajstić information content (AvgIpc) is 2.75. The van der Waals surface area contributed by atoms with Crippen LogP contribution in [0.25, 0.3) is 0 Å². The predicted octanol–water partition coefficient (Wildman–Crippen LogP) is 3.36. The number of hydrogen-bond acceptors (Lipinski definition) is 2. The van der Waals surface area contributed by atoms with Crippen molar-refractivity contribution in [3.63, 3.8) is 0 Å². The van der Waals surface area contributed by atoms with E-state index in [-0.39, 0.29) is 5.82 Å². The molecule has 1 nitrogen and oxygen atoms in total. The fourth-order valence-corrected chi connectivity index (χ4v) is 3.59. The summed E-state index contributed by atoms with van der Waals surface area (Å²) in [5.74, 6) is -0.153. The van der Waals surface area contributed by atoms with Crippen molar-refractivity contribution in [2.45, 2.75) is 42.2 Å². The van der Waals surface area contributed by atoms with Crippen molar-refractivity contribution in [2.24, 2.45) is 5.73 Å². The van der Waals surface area contributed by atoms with E-state index in [1.54, 1.807) is 12.1 Å². The normalized spacial score (nSPS) is 16.9. The third kappa shape index (κ3) is 2.98. The Labute approximate surface area is 101 Å². The van der Waals surface area contributed by atoms with Crippen molar-refractivity contribution >= 4 is 11.8 Å². The Morgan fingerprint density at radius 2 is 2.06 bits per heavy atom. The minimum absolute atomic E-state index is 0.153. The molecule has 1 aliphatic rings. The fraction of sp³-hybridized carbons (Fsp3) is 0.538. The first-order chi connectivity index (χ1) is 7.79. The molecule has 0 radical (unpaired) electrons. The molecular weight excluding hydrogens is 221 g/mol. The van der Waals surface area contributed by atoms with Crippen molar-refractivity contribution in [3.05, 3.63) is 29.6 Å². The first-order valence-electron chi connectivity index (χ1n) is 5.95. The molecule has 0 heterocycles. The summed E-state index contributed by atoms with van der Waals surface area (Å²) in [6, 6.07) is 5.09. The maximum Gasteiger partial charge on any atom is 0.123 e. The minimum Gasteiger partial charge on any atom is -0.330 e. The Balaban J connectivity index is 2.11. The minimum atomic E-state index is -0.153. The summed E-state index contributed by atoms with van der Waals surface area (Å²) in [6.07, 6.45) is 6.04. The topological polar surface area (TPSA) is 26.0 Å². The molecule has 0 saturated heterocycles. The quantitative estimate of drug-likeness (QED) is 0.872. The first kappa shape index (κ1) is 11.9. The van der Waals surface area contributed by atoms with Crippen molar-refractivity contribution < 1.29 is 4.39 Å². The number of benzene rings is 1. The second-order valence-corrected chi connectivity index (χ2v) is 5.66. The Morgan fingerprint density at radius 3 is 2.75 bits per heavy atom. The Morgan fingerprint density at radius 1 is 1.31 bits per heavy atom. The van der Waals surface area contributed by atoms with Gasteiger partial charge in [-0.25, -0.2) is 4.39 Å². The molecule has 0 spiro atoms. The van der Waals surface area contributed by atoms with Gasteiger partial charge in [-0.15, -0.1) is 11.8 Å². The molecule has 2 rings (SSSR count). The fourth-order valence-electron chi connectivity index (χ4n) is 2.20. The van der Waals surface area contributed by atoms with Gasteiger partial charge in [-0.2, -0.15) is 0 Å². The highest BCUT2D eigenvalue weighted by Crippen LogP contribution is 2.36. The van der Waals surface area contributed by atoms with Gasteiger partial charge in [0.15, 0.2) is 0 Å². The lowest BCUT2D eigenvalue weighted by Crippen LogP contribution is -2.05. The first-order valence-corrected chi connectivity index (χ1v) is 6.82. The lowest BCUT2D eigenvalue weighted by Gasteiger charge is -2.12. The molecule has 0 bridgehead atoms. The van der Waals surface area contributed by atoms with Gasteiger partial charge in [-0.3, -0.25) is 0 Å². The van der Waals surface area contributed by atoms with Gasteiger partial charge in [0.25, 0.3) is 0 Å². The zero-order valence-corrected chi connectivity index (χ0v) is 10.2. The van der Waals surface area contributed by atoms with Crippen LogP contribution in [0.5, 0.6) is 0 Å². The van der Waals surface area contributed by atoms with Gasteiger partial charge in [0, 0.05) is 10.1 Å². The molecule has 2 N–H and O–H groups in total. The average molecular weight is 239 g/mol. The summed E-state index contributed by atoms with van der Waals surface area (Å²) in [5, 5.41) is 0.724. The van der Waals surface area contributed by atoms with E-state index in [2.05, 4.69) is 0 Å². The number of thioether (sulfide) groups is 1. The zero-order valence-electron chi connectivity index (χ0n) is 9.42. The van der Waals surface area contributed by atoms with E-state index in [4.69, 9.17) is 5.73 Å². The van der Waals surface area contributed by atoms with Crippen molar-refractivity contribution in [1.82, 2.24) is 0 Å². The molecule has 0 unspecified atom stereocenters. The molecule has 3 heteroatoms. The van der Waals surface area contributed by atoms with Crippen LogP contribution in [0.3, 0.4) is 0 Å². The lowest BCUT2D eigenvalue weighted by molar-refractivity contribution is 0.623. The van der Waals surface area contributed by atoms with Crippen molar-refractivity contribution in [2.75, 3.05) is 6.54 Å². The molecule has 0 aromatic heterocycles. The summed E-state index contributed by atoms with van der Waals surface area (Å²) >= 11 is 1.90. The SMILES string of the molecule is NCCc1cc(F)ccc1SC1CCCC1. The van der Waals surface area contributed by atoms with Crippen LogP contribution in [0.15, 0.2) is 23.1 Å². The van der Waals surface area contributed by atoms with Crippen LogP contribution < -0.4 is 5.73 Å². The third-order valence-electron chi connectivity index (χ3n) is 3.03. The van der Waals surface area contributed by atoms with Crippen LogP contribution in [0.4, 0.5) is 4.39 Å². The maximum atomic E-state index is 13.1. The Hall–Kier alpha value is -0.540. The van der Waals surface area contributed by atoms with Crippen LogP contribution in [0, 0.1) is 5.82 Å². The molecule has 1 fully saturated rings. The summed E-state index contributed by atoms with van der Waals surface area (Å²) in [7, 11) is 0.